The number of hydrogen-bond donors (Lipinski definition) is 1. The Balaban J connectivity index is 1.91. The zero-order valence-electron chi connectivity index (χ0n) is 25.8. The molecule has 1 aromatic heterocycles. The van der Waals surface area contributed by atoms with Crippen molar-refractivity contribution in [3.05, 3.63) is 45.8 Å². The maximum atomic E-state index is 13.8. The molecule has 41 heavy (non-hydrogen) atoms. The zero-order valence-corrected chi connectivity index (χ0v) is 27.5. The molecule has 10 heteroatoms. The number of nitrogens with zero attached hydrogens (tertiary/aromatic N) is 3. The number of amides is 2. The minimum atomic E-state index is -3.69. The van der Waals surface area contributed by atoms with Crippen LogP contribution in [0.25, 0.3) is 0 Å². The fraction of sp³-hybridized carbons (Fsp3) is 0.613. The summed E-state index contributed by atoms with van der Waals surface area (Å²) in [5, 5.41) is 3.60. The van der Waals surface area contributed by atoms with Gasteiger partial charge in [0.2, 0.25) is 10.0 Å². The van der Waals surface area contributed by atoms with Gasteiger partial charge in [-0.25, -0.2) is 8.42 Å². The van der Waals surface area contributed by atoms with E-state index in [1.165, 1.54) is 27.8 Å². The number of hydrogen-bond acceptors (Lipinski definition) is 6. The molecule has 0 saturated carbocycles. The van der Waals surface area contributed by atoms with Crippen LogP contribution in [0.15, 0.2) is 29.2 Å². The number of sulfonamides is 1. The van der Waals surface area contributed by atoms with Crippen LogP contribution in [0.1, 0.15) is 92.5 Å². The maximum absolute atomic E-state index is 13.8. The molecule has 0 fully saturated rings. The van der Waals surface area contributed by atoms with Gasteiger partial charge in [0.15, 0.2) is 0 Å². The van der Waals surface area contributed by atoms with E-state index < -0.39 is 10.0 Å². The molecule has 228 valence electrons. The van der Waals surface area contributed by atoms with E-state index >= 15 is 0 Å². The van der Waals surface area contributed by atoms with Crippen LogP contribution in [0, 0.1) is 11.8 Å². The molecule has 2 heterocycles. The number of thiophene rings is 1. The van der Waals surface area contributed by atoms with Gasteiger partial charge in [0.1, 0.15) is 5.00 Å². The van der Waals surface area contributed by atoms with Gasteiger partial charge in [0.25, 0.3) is 11.8 Å². The SMILES string of the molecule is CCCN(CCC)C(=O)c1c(NC(=O)c2ccc(S(=O)(=O)N(CC(C)C)CC(C)C)cc2)sc2c1CCN(CC)C2. The van der Waals surface area contributed by atoms with Crippen molar-refractivity contribution in [2.24, 2.45) is 11.8 Å². The van der Waals surface area contributed by atoms with Crippen LogP contribution in [0.4, 0.5) is 5.00 Å². The van der Waals surface area contributed by atoms with Crippen molar-refractivity contribution in [1.29, 1.82) is 0 Å². The van der Waals surface area contributed by atoms with Crippen molar-refractivity contribution >= 4 is 38.2 Å². The van der Waals surface area contributed by atoms with Crippen molar-refractivity contribution in [3.8, 4) is 0 Å². The third-order valence-electron chi connectivity index (χ3n) is 7.19. The Kier molecular flexibility index (Phi) is 12.0. The number of rotatable bonds is 14. The molecule has 1 aromatic carbocycles. The van der Waals surface area contributed by atoms with Crippen molar-refractivity contribution in [2.75, 3.05) is 44.6 Å². The lowest BCUT2D eigenvalue weighted by atomic mass is 10.0. The molecule has 8 nitrogen and oxygen atoms in total. The van der Waals surface area contributed by atoms with Gasteiger partial charge in [-0.3, -0.25) is 14.5 Å². The largest absolute Gasteiger partial charge is 0.339 e. The van der Waals surface area contributed by atoms with Crippen molar-refractivity contribution < 1.29 is 18.0 Å². The molecule has 1 N–H and O–H groups in total. The monoisotopic (exact) mass is 604 g/mol. The van der Waals surface area contributed by atoms with Gasteiger partial charge < -0.3 is 10.2 Å². The first-order valence-electron chi connectivity index (χ1n) is 15.0. The second-order valence-electron chi connectivity index (χ2n) is 11.7. The molecule has 0 saturated heterocycles. The van der Waals surface area contributed by atoms with E-state index in [2.05, 4.69) is 31.0 Å². The predicted octanol–water partition coefficient (Wildman–Crippen LogP) is 5.94. The minimum Gasteiger partial charge on any atom is -0.339 e. The number of anilines is 1. The van der Waals surface area contributed by atoms with Gasteiger partial charge in [-0.15, -0.1) is 11.3 Å². The summed E-state index contributed by atoms with van der Waals surface area (Å²) in [5.41, 5.74) is 2.02. The van der Waals surface area contributed by atoms with Gasteiger partial charge in [0, 0.05) is 49.7 Å². The van der Waals surface area contributed by atoms with Crippen LogP contribution in [0.5, 0.6) is 0 Å². The van der Waals surface area contributed by atoms with E-state index in [0.717, 1.165) is 49.3 Å². The molecule has 0 spiro atoms. The molecule has 2 amide bonds. The molecule has 0 radical (unpaired) electrons. The van der Waals surface area contributed by atoms with E-state index in [-0.39, 0.29) is 28.5 Å². The number of carbonyl (C=O) groups is 2. The lowest BCUT2D eigenvalue weighted by molar-refractivity contribution is 0.0755. The predicted molar refractivity (Wildman–Crippen MR) is 168 cm³/mol. The Hall–Kier alpha value is -2.27. The number of fused-ring (bicyclic) bond motifs is 1. The van der Waals surface area contributed by atoms with Crippen LogP contribution >= 0.6 is 11.3 Å². The van der Waals surface area contributed by atoms with Crippen LogP contribution in [0.3, 0.4) is 0 Å². The molecule has 1 aliphatic rings. The Morgan fingerprint density at radius 1 is 0.976 bits per heavy atom. The fourth-order valence-electron chi connectivity index (χ4n) is 5.24. The highest BCUT2D eigenvalue weighted by molar-refractivity contribution is 7.89. The Labute approximate surface area is 251 Å². The normalized spacial score (nSPS) is 14.1. The molecule has 2 aromatic rings. The number of benzene rings is 1. The average Bonchev–Trinajstić information content (AvgIpc) is 3.28. The molecule has 0 atom stereocenters. The van der Waals surface area contributed by atoms with Crippen LogP contribution < -0.4 is 5.32 Å². The van der Waals surface area contributed by atoms with E-state index in [9.17, 15) is 18.0 Å². The van der Waals surface area contributed by atoms with Crippen molar-refractivity contribution in [2.45, 2.75) is 79.2 Å². The molecule has 3 rings (SSSR count). The topological polar surface area (TPSA) is 90.0 Å². The van der Waals surface area contributed by atoms with Crippen LogP contribution in [-0.4, -0.2) is 73.6 Å². The Morgan fingerprint density at radius 2 is 1.56 bits per heavy atom. The number of carbonyl (C=O) groups excluding carboxylic acids is 2. The number of nitrogens with one attached hydrogen (secondary N) is 1. The summed E-state index contributed by atoms with van der Waals surface area (Å²) in [7, 11) is -3.69. The van der Waals surface area contributed by atoms with Crippen LogP contribution in [0.2, 0.25) is 0 Å². The summed E-state index contributed by atoms with van der Waals surface area (Å²) in [4.78, 5) is 32.8. The number of likely N-dealkylation sites (N-methyl/N-ethyl adjacent to an activating group) is 1. The van der Waals surface area contributed by atoms with Crippen molar-refractivity contribution in [3.63, 3.8) is 0 Å². The Bertz CT molecular complexity index is 1270. The van der Waals surface area contributed by atoms with Gasteiger partial charge in [-0.05, 0) is 67.5 Å². The van der Waals surface area contributed by atoms with E-state index in [0.29, 0.717) is 42.3 Å². The maximum Gasteiger partial charge on any atom is 0.257 e. The molecule has 0 unspecified atom stereocenters. The lowest BCUT2D eigenvalue weighted by Gasteiger charge is -2.27. The molecule has 1 aliphatic heterocycles. The van der Waals surface area contributed by atoms with Gasteiger partial charge >= 0.3 is 0 Å². The van der Waals surface area contributed by atoms with Gasteiger partial charge in [-0.1, -0.05) is 48.5 Å². The lowest BCUT2D eigenvalue weighted by Crippen LogP contribution is -2.37. The summed E-state index contributed by atoms with van der Waals surface area (Å²) < 4.78 is 28.4. The Morgan fingerprint density at radius 3 is 2.07 bits per heavy atom. The first-order chi connectivity index (χ1) is 19.4. The molecular weight excluding hydrogens is 556 g/mol. The fourth-order valence-corrected chi connectivity index (χ4v) is 8.29. The van der Waals surface area contributed by atoms with E-state index in [4.69, 9.17) is 0 Å². The molecule has 0 aliphatic carbocycles. The molecule has 0 bridgehead atoms. The minimum absolute atomic E-state index is 0.0247. The highest BCUT2D eigenvalue weighted by Crippen LogP contribution is 2.38. The summed E-state index contributed by atoms with van der Waals surface area (Å²) >= 11 is 1.48. The molecular formula is C31H48N4O4S2. The second-order valence-corrected chi connectivity index (χ2v) is 14.8. The third kappa shape index (κ3) is 8.18. The summed E-state index contributed by atoms with van der Waals surface area (Å²) in [6.45, 7) is 19.1. The summed E-state index contributed by atoms with van der Waals surface area (Å²) in [6.07, 6.45) is 2.51. The van der Waals surface area contributed by atoms with Gasteiger partial charge in [-0.2, -0.15) is 4.31 Å². The quantitative estimate of drug-likeness (QED) is 0.288. The summed E-state index contributed by atoms with van der Waals surface area (Å²) in [5.74, 6) is 0.00477. The van der Waals surface area contributed by atoms with Gasteiger partial charge in [0.05, 0.1) is 10.5 Å². The third-order valence-corrected chi connectivity index (χ3v) is 10.2. The highest BCUT2D eigenvalue weighted by Gasteiger charge is 2.31. The van der Waals surface area contributed by atoms with Crippen molar-refractivity contribution in [1.82, 2.24) is 14.1 Å². The van der Waals surface area contributed by atoms with E-state index in [1.54, 1.807) is 12.1 Å². The highest BCUT2D eigenvalue weighted by atomic mass is 32.2. The first kappa shape index (κ1) is 33.2. The second kappa shape index (κ2) is 14.8. The first-order valence-corrected chi connectivity index (χ1v) is 17.3. The zero-order chi connectivity index (χ0) is 30.3. The average molecular weight is 605 g/mol. The van der Waals surface area contributed by atoms with E-state index in [1.807, 2.05) is 32.6 Å². The van der Waals surface area contributed by atoms with Crippen LogP contribution in [-0.2, 0) is 23.0 Å². The standard InChI is InChI=1S/C31H48N4O4S2/c1-8-16-34(17-9-2)31(37)28-26-15-18-33(10-3)21-27(26)40-30(28)32-29(36)24-11-13-25(14-12-24)41(38,39)35(19-22(4)5)20-23(6)7/h11-14,22-23H,8-10,15-21H2,1-7H3,(H,32,36). The summed E-state index contributed by atoms with van der Waals surface area (Å²) in [6, 6.07) is 6.12. The smallest absolute Gasteiger partial charge is 0.257 e.